The van der Waals surface area contributed by atoms with Crippen molar-refractivity contribution in [3.05, 3.63) is 53.8 Å². The third kappa shape index (κ3) is 2.97. The Morgan fingerprint density at radius 3 is 2.57 bits per heavy atom. The molecule has 110 valence electrons. The molecule has 0 aliphatic heterocycles. The number of carbonyl (C=O) groups excluding carboxylic acids is 1. The standard InChI is InChI=1S/C16H18FN3O/c1-3-20(14-7-5-4-6-13(14)17)15-10-11(18)8-9-12(15)16(21)19-2/h4-10H,3,18H2,1-2H3,(H,19,21). The SMILES string of the molecule is CCN(c1ccccc1F)c1cc(N)ccc1C(=O)NC. The van der Waals surface area contributed by atoms with Crippen molar-refractivity contribution < 1.29 is 9.18 Å². The van der Waals surface area contributed by atoms with Gasteiger partial charge in [0.05, 0.1) is 16.9 Å². The predicted octanol–water partition coefficient (Wildman–Crippen LogP) is 2.93. The van der Waals surface area contributed by atoms with Crippen LogP contribution in [0.5, 0.6) is 0 Å². The predicted molar refractivity (Wildman–Crippen MR) is 83.3 cm³/mol. The topological polar surface area (TPSA) is 58.4 Å². The fourth-order valence-corrected chi connectivity index (χ4v) is 2.24. The van der Waals surface area contributed by atoms with Gasteiger partial charge in [0.1, 0.15) is 5.82 Å². The Kier molecular flexibility index (Phi) is 4.42. The zero-order valence-electron chi connectivity index (χ0n) is 12.1. The number of halogens is 1. The third-order valence-corrected chi connectivity index (χ3v) is 3.24. The van der Waals surface area contributed by atoms with E-state index >= 15 is 0 Å². The summed E-state index contributed by atoms with van der Waals surface area (Å²) in [6.07, 6.45) is 0. The lowest BCUT2D eigenvalue weighted by Gasteiger charge is -2.26. The fraction of sp³-hybridized carbons (Fsp3) is 0.188. The maximum Gasteiger partial charge on any atom is 0.253 e. The van der Waals surface area contributed by atoms with Crippen molar-refractivity contribution in [2.45, 2.75) is 6.92 Å². The zero-order valence-corrected chi connectivity index (χ0v) is 12.1. The van der Waals surface area contributed by atoms with Crippen LogP contribution in [0.25, 0.3) is 0 Å². The summed E-state index contributed by atoms with van der Waals surface area (Å²) in [5, 5.41) is 2.59. The third-order valence-electron chi connectivity index (χ3n) is 3.24. The monoisotopic (exact) mass is 287 g/mol. The Balaban J connectivity index is 2.59. The highest BCUT2D eigenvalue weighted by molar-refractivity contribution is 6.01. The molecule has 2 aromatic carbocycles. The van der Waals surface area contributed by atoms with Crippen LogP contribution in [-0.2, 0) is 0 Å². The molecule has 0 bridgehead atoms. The van der Waals surface area contributed by atoms with Gasteiger partial charge in [-0.1, -0.05) is 12.1 Å². The lowest BCUT2D eigenvalue weighted by molar-refractivity contribution is 0.0963. The van der Waals surface area contributed by atoms with Crippen LogP contribution in [0, 0.1) is 5.82 Å². The first-order chi connectivity index (χ1) is 10.1. The van der Waals surface area contributed by atoms with E-state index in [1.54, 1.807) is 48.3 Å². The highest BCUT2D eigenvalue weighted by Crippen LogP contribution is 2.31. The summed E-state index contributed by atoms with van der Waals surface area (Å²) in [5.74, 6) is -0.579. The molecule has 21 heavy (non-hydrogen) atoms. The molecule has 0 spiro atoms. The summed E-state index contributed by atoms with van der Waals surface area (Å²) < 4.78 is 14.1. The first-order valence-electron chi connectivity index (χ1n) is 6.72. The van der Waals surface area contributed by atoms with E-state index in [0.29, 0.717) is 29.2 Å². The lowest BCUT2D eigenvalue weighted by atomic mass is 10.1. The number of amides is 1. The normalized spacial score (nSPS) is 10.2. The van der Waals surface area contributed by atoms with Gasteiger partial charge >= 0.3 is 0 Å². The van der Waals surface area contributed by atoms with E-state index in [1.807, 2.05) is 6.92 Å². The Hall–Kier alpha value is -2.56. The van der Waals surface area contributed by atoms with Gasteiger partial charge in [0.2, 0.25) is 0 Å². The van der Waals surface area contributed by atoms with E-state index in [4.69, 9.17) is 5.73 Å². The number of benzene rings is 2. The molecular weight excluding hydrogens is 269 g/mol. The minimum atomic E-state index is -0.343. The average molecular weight is 287 g/mol. The number of nitrogens with zero attached hydrogens (tertiary/aromatic N) is 1. The van der Waals surface area contributed by atoms with E-state index in [2.05, 4.69) is 5.32 Å². The molecule has 5 heteroatoms. The number of rotatable bonds is 4. The Morgan fingerprint density at radius 1 is 1.24 bits per heavy atom. The summed E-state index contributed by atoms with van der Waals surface area (Å²) >= 11 is 0. The van der Waals surface area contributed by atoms with Gasteiger partial charge in [0.15, 0.2) is 0 Å². The van der Waals surface area contributed by atoms with Gasteiger partial charge in [0.25, 0.3) is 5.91 Å². The van der Waals surface area contributed by atoms with E-state index in [0.717, 1.165) is 0 Å². The summed E-state index contributed by atoms with van der Waals surface area (Å²) in [6.45, 7) is 2.40. The van der Waals surface area contributed by atoms with Gasteiger partial charge in [-0.15, -0.1) is 0 Å². The van der Waals surface area contributed by atoms with Crippen molar-refractivity contribution in [2.24, 2.45) is 0 Å². The molecule has 0 atom stereocenters. The molecule has 0 aliphatic rings. The van der Waals surface area contributed by atoms with Crippen LogP contribution in [0.4, 0.5) is 21.5 Å². The Morgan fingerprint density at radius 2 is 1.95 bits per heavy atom. The molecule has 0 radical (unpaired) electrons. The van der Waals surface area contributed by atoms with E-state index in [1.165, 1.54) is 6.07 Å². The maximum absolute atomic E-state index is 14.1. The van der Waals surface area contributed by atoms with Crippen LogP contribution in [0.2, 0.25) is 0 Å². The van der Waals surface area contributed by atoms with Gasteiger partial charge in [-0.3, -0.25) is 4.79 Å². The molecule has 0 saturated carbocycles. The number of hydrogen-bond acceptors (Lipinski definition) is 3. The molecule has 2 aromatic rings. The molecule has 2 rings (SSSR count). The van der Waals surface area contributed by atoms with Crippen LogP contribution in [0.15, 0.2) is 42.5 Å². The number of hydrogen-bond donors (Lipinski definition) is 2. The van der Waals surface area contributed by atoms with Crippen molar-refractivity contribution in [1.29, 1.82) is 0 Å². The maximum atomic E-state index is 14.1. The largest absolute Gasteiger partial charge is 0.399 e. The second-order valence-corrected chi connectivity index (χ2v) is 4.55. The van der Waals surface area contributed by atoms with Gasteiger partial charge in [-0.25, -0.2) is 4.39 Å². The number of nitrogens with two attached hydrogens (primary N) is 1. The first kappa shape index (κ1) is 14.8. The van der Waals surface area contributed by atoms with Crippen molar-refractivity contribution in [2.75, 3.05) is 24.2 Å². The highest BCUT2D eigenvalue weighted by atomic mass is 19.1. The summed E-state index contributed by atoms with van der Waals surface area (Å²) in [4.78, 5) is 13.7. The lowest BCUT2D eigenvalue weighted by Crippen LogP contribution is -2.24. The van der Waals surface area contributed by atoms with Crippen LogP contribution in [0.3, 0.4) is 0 Å². The van der Waals surface area contributed by atoms with E-state index in [9.17, 15) is 9.18 Å². The van der Waals surface area contributed by atoms with Crippen LogP contribution in [0.1, 0.15) is 17.3 Å². The molecule has 0 aliphatic carbocycles. The number of nitrogen functional groups attached to an aromatic ring is 1. The molecule has 4 nitrogen and oxygen atoms in total. The number of anilines is 3. The molecular formula is C16H18FN3O. The van der Waals surface area contributed by atoms with Crippen LogP contribution in [-0.4, -0.2) is 19.5 Å². The average Bonchev–Trinajstić information content (AvgIpc) is 2.49. The highest BCUT2D eigenvalue weighted by Gasteiger charge is 2.18. The molecule has 0 aromatic heterocycles. The number of nitrogens with one attached hydrogen (secondary N) is 1. The Labute approximate surface area is 123 Å². The zero-order chi connectivity index (χ0) is 15.4. The number of carbonyl (C=O) groups is 1. The fourth-order valence-electron chi connectivity index (χ4n) is 2.24. The second kappa shape index (κ2) is 6.26. The second-order valence-electron chi connectivity index (χ2n) is 4.55. The van der Waals surface area contributed by atoms with Crippen molar-refractivity contribution in [1.82, 2.24) is 5.32 Å². The molecule has 0 heterocycles. The van der Waals surface area contributed by atoms with Crippen LogP contribution >= 0.6 is 0 Å². The minimum absolute atomic E-state index is 0.236. The smallest absolute Gasteiger partial charge is 0.253 e. The minimum Gasteiger partial charge on any atom is -0.399 e. The van der Waals surface area contributed by atoms with Gasteiger partial charge in [0, 0.05) is 19.3 Å². The van der Waals surface area contributed by atoms with E-state index in [-0.39, 0.29) is 11.7 Å². The quantitative estimate of drug-likeness (QED) is 0.850. The summed E-state index contributed by atoms with van der Waals surface area (Å²) in [5.41, 5.74) is 7.80. The van der Waals surface area contributed by atoms with Crippen LogP contribution < -0.4 is 16.0 Å². The summed E-state index contributed by atoms with van der Waals surface area (Å²) in [7, 11) is 1.56. The summed E-state index contributed by atoms with van der Waals surface area (Å²) in [6, 6.07) is 11.4. The van der Waals surface area contributed by atoms with E-state index < -0.39 is 0 Å². The van der Waals surface area contributed by atoms with Crippen molar-refractivity contribution in [3.8, 4) is 0 Å². The molecule has 0 saturated heterocycles. The first-order valence-corrected chi connectivity index (χ1v) is 6.72. The Bertz CT molecular complexity index is 658. The number of para-hydroxylation sites is 1. The molecule has 0 unspecified atom stereocenters. The van der Waals surface area contributed by atoms with Gasteiger partial charge in [-0.05, 0) is 37.3 Å². The molecule has 3 N–H and O–H groups in total. The van der Waals surface area contributed by atoms with Crippen molar-refractivity contribution >= 4 is 23.0 Å². The van der Waals surface area contributed by atoms with Gasteiger partial charge in [-0.2, -0.15) is 0 Å². The molecule has 1 amide bonds. The van der Waals surface area contributed by atoms with Crippen molar-refractivity contribution in [3.63, 3.8) is 0 Å². The van der Waals surface area contributed by atoms with Gasteiger partial charge < -0.3 is 16.0 Å². The molecule has 0 fully saturated rings.